The van der Waals surface area contributed by atoms with Gasteiger partial charge < -0.3 is 11.1 Å². The molecule has 0 unspecified atom stereocenters. The van der Waals surface area contributed by atoms with Gasteiger partial charge in [-0.05, 0) is 30.7 Å². The monoisotopic (exact) mass is 283 g/mol. The van der Waals surface area contributed by atoms with Gasteiger partial charge in [-0.3, -0.25) is 4.99 Å². The van der Waals surface area contributed by atoms with E-state index in [4.69, 9.17) is 28.9 Å². The van der Waals surface area contributed by atoms with Gasteiger partial charge in [-0.2, -0.15) is 0 Å². The number of alkyl halides is 1. The van der Waals surface area contributed by atoms with E-state index in [1.54, 1.807) is 0 Å². The highest BCUT2D eigenvalue weighted by molar-refractivity contribution is 6.33. The average Bonchev–Trinajstić information content (AvgIpc) is 2.41. The predicted molar refractivity (Wildman–Crippen MR) is 78.0 cm³/mol. The van der Waals surface area contributed by atoms with Crippen LogP contribution in [0.5, 0.6) is 0 Å². The number of hydrogen-bond acceptors (Lipinski definition) is 3. The Labute approximate surface area is 117 Å². The highest BCUT2D eigenvalue weighted by Gasteiger charge is 2.16. The van der Waals surface area contributed by atoms with Gasteiger partial charge in [0.2, 0.25) is 0 Å². The van der Waals surface area contributed by atoms with Gasteiger partial charge in [-0.1, -0.05) is 23.7 Å². The Morgan fingerprint density at radius 2 is 2.17 bits per heavy atom. The zero-order chi connectivity index (χ0) is 13.0. The number of piperidine rings is 1. The van der Waals surface area contributed by atoms with E-state index in [1.165, 1.54) is 0 Å². The minimum Gasteiger partial charge on any atom is -0.401 e. The van der Waals surface area contributed by atoms with Gasteiger partial charge in [-0.25, -0.2) is 0 Å². The molecule has 1 heterocycles. The number of benzene rings is 1. The summed E-state index contributed by atoms with van der Waals surface area (Å²) in [4.78, 5) is 4.59. The molecule has 0 aliphatic carbocycles. The van der Waals surface area contributed by atoms with Crippen LogP contribution in [0, 0.1) is 0 Å². The molecule has 0 spiro atoms. The van der Waals surface area contributed by atoms with Crippen LogP contribution in [0.3, 0.4) is 0 Å². The molecule has 0 bridgehead atoms. The van der Waals surface area contributed by atoms with Crippen molar-refractivity contribution in [3.05, 3.63) is 40.6 Å². The van der Waals surface area contributed by atoms with Gasteiger partial charge in [-0.15, -0.1) is 11.6 Å². The summed E-state index contributed by atoms with van der Waals surface area (Å²) >= 11 is 11.9. The van der Waals surface area contributed by atoms with Gasteiger partial charge in [0.05, 0.1) is 22.3 Å². The van der Waals surface area contributed by atoms with Crippen LogP contribution in [0.25, 0.3) is 0 Å². The van der Waals surface area contributed by atoms with Gasteiger partial charge in [0, 0.05) is 12.2 Å². The van der Waals surface area contributed by atoms with Crippen LogP contribution in [0.15, 0.2) is 40.5 Å². The highest BCUT2D eigenvalue weighted by atomic mass is 35.5. The molecule has 3 nitrogen and oxygen atoms in total. The van der Waals surface area contributed by atoms with Crippen LogP contribution < -0.4 is 11.1 Å². The fourth-order valence-corrected chi connectivity index (χ4v) is 2.23. The van der Waals surface area contributed by atoms with Crippen LogP contribution >= 0.6 is 23.2 Å². The van der Waals surface area contributed by atoms with Crippen molar-refractivity contribution in [2.24, 2.45) is 10.7 Å². The van der Waals surface area contributed by atoms with E-state index >= 15 is 0 Å². The maximum absolute atomic E-state index is 6.10. The van der Waals surface area contributed by atoms with E-state index in [0.717, 1.165) is 29.9 Å². The van der Waals surface area contributed by atoms with Crippen LogP contribution in [-0.2, 0) is 0 Å². The second kappa shape index (κ2) is 6.23. The normalized spacial score (nSPS) is 21.1. The van der Waals surface area contributed by atoms with E-state index in [-0.39, 0.29) is 0 Å². The van der Waals surface area contributed by atoms with E-state index in [1.807, 2.05) is 24.3 Å². The maximum atomic E-state index is 6.10. The molecule has 1 aliphatic heterocycles. The van der Waals surface area contributed by atoms with Crippen molar-refractivity contribution in [1.82, 2.24) is 5.32 Å². The first-order valence-electron chi connectivity index (χ1n) is 5.79. The smallest absolute Gasteiger partial charge is 0.0819 e. The predicted octanol–water partition coefficient (Wildman–Crippen LogP) is 2.86. The topological polar surface area (TPSA) is 50.4 Å². The Hall–Kier alpha value is -1.03. The number of hydrogen-bond donors (Lipinski definition) is 2. The van der Waals surface area contributed by atoms with Crippen molar-refractivity contribution >= 4 is 34.6 Å². The average molecular weight is 284 g/mol. The molecular weight excluding hydrogens is 269 g/mol. The first-order chi connectivity index (χ1) is 8.72. The zero-order valence-corrected chi connectivity index (χ0v) is 11.4. The number of para-hydroxylation sites is 1. The van der Waals surface area contributed by atoms with Crippen molar-refractivity contribution in [2.45, 2.75) is 6.42 Å². The lowest BCUT2D eigenvalue weighted by Crippen LogP contribution is -2.33. The molecule has 1 fully saturated rings. The van der Waals surface area contributed by atoms with Crippen LogP contribution in [0.1, 0.15) is 6.42 Å². The van der Waals surface area contributed by atoms with Gasteiger partial charge >= 0.3 is 0 Å². The number of allylic oxidation sites excluding steroid dienone is 1. The molecule has 18 heavy (non-hydrogen) atoms. The largest absolute Gasteiger partial charge is 0.401 e. The van der Waals surface area contributed by atoms with E-state index in [2.05, 4.69) is 10.3 Å². The summed E-state index contributed by atoms with van der Waals surface area (Å²) in [6.07, 6.45) is 0.849. The fraction of sp³-hybridized carbons (Fsp3) is 0.308. The Balaban J connectivity index is 2.38. The molecule has 1 aliphatic rings. The summed E-state index contributed by atoms with van der Waals surface area (Å²) < 4.78 is 0. The van der Waals surface area contributed by atoms with Crippen molar-refractivity contribution < 1.29 is 0 Å². The Morgan fingerprint density at radius 1 is 1.39 bits per heavy atom. The molecule has 5 heteroatoms. The van der Waals surface area contributed by atoms with Gasteiger partial charge in [0.15, 0.2) is 0 Å². The Kier molecular flexibility index (Phi) is 4.64. The molecule has 1 aromatic rings. The summed E-state index contributed by atoms with van der Waals surface area (Å²) in [5.41, 5.74) is 9.36. The fourth-order valence-electron chi connectivity index (χ4n) is 1.89. The quantitative estimate of drug-likeness (QED) is 0.820. The van der Waals surface area contributed by atoms with E-state index in [0.29, 0.717) is 23.1 Å². The van der Waals surface area contributed by atoms with Gasteiger partial charge in [0.25, 0.3) is 0 Å². The van der Waals surface area contributed by atoms with Gasteiger partial charge in [0.1, 0.15) is 0 Å². The third-order valence-electron chi connectivity index (χ3n) is 2.83. The third kappa shape index (κ3) is 3.05. The van der Waals surface area contributed by atoms with Crippen molar-refractivity contribution in [1.29, 1.82) is 0 Å². The van der Waals surface area contributed by atoms with Crippen molar-refractivity contribution in [2.75, 3.05) is 19.0 Å². The van der Waals surface area contributed by atoms with Crippen LogP contribution in [0.4, 0.5) is 5.69 Å². The number of nitrogens with zero attached hydrogens (tertiary/aromatic N) is 1. The zero-order valence-electron chi connectivity index (χ0n) is 9.92. The lowest BCUT2D eigenvalue weighted by Gasteiger charge is -2.20. The van der Waals surface area contributed by atoms with Crippen LogP contribution in [0.2, 0.25) is 5.02 Å². The van der Waals surface area contributed by atoms with Crippen molar-refractivity contribution in [3.8, 4) is 0 Å². The number of nitrogens with two attached hydrogens (primary N) is 1. The minimum absolute atomic E-state index is 0.330. The molecule has 0 saturated carbocycles. The second-order valence-electron chi connectivity index (χ2n) is 4.07. The third-order valence-corrected chi connectivity index (χ3v) is 3.44. The lowest BCUT2D eigenvalue weighted by molar-refractivity contribution is 0.727. The highest BCUT2D eigenvalue weighted by Crippen LogP contribution is 2.25. The molecule has 1 saturated heterocycles. The molecular formula is C13H15Cl2N3. The molecule has 2 rings (SSSR count). The number of aliphatic imine (C=N–C) groups is 1. The first kappa shape index (κ1) is 13.4. The standard InChI is InChI=1S/C13H15Cl2N3/c14-7-11(16)9-5-6-17-8-13(9)18-12-4-2-1-3-10(12)15/h1-4,17H,5-8,16H2/b11-9-,18-13?. The van der Waals surface area contributed by atoms with E-state index < -0.39 is 0 Å². The molecule has 0 radical (unpaired) electrons. The summed E-state index contributed by atoms with van der Waals surface area (Å²) in [6, 6.07) is 7.51. The molecule has 0 atom stereocenters. The SMILES string of the molecule is N/C(CCl)=C1/CCNCC1=Nc1ccccc1Cl. The summed E-state index contributed by atoms with van der Waals surface area (Å²) in [5, 5.41) is 3.92. The molecule has 96 valence electrons. The molecule has 0 aromatic heterocycles. The summed E-state index contributed by atoms with van der Waals surface area (Å²) in [6.45, 7) is 1.59. The second-order valence-corrected chi connectivity index (χ2v) is 4.75. The maximum Gasteiger partial charge on any atom is 0.0819 e. The minimum atomic E-state index is 0.330. The molecule has 0 amide bonds. The van der Waals surface area contributed by atoms with E-state index in [9.17, 15) is 0 Å². The summed E-state index contributed by atoms with van der Waals surface area (Å²) in [5.74, 6) is 0.330. The first-order valence-corrected chi connectivity index (χ1v) is 6.70. The Morgan fingerprint density at radius 3 is 2.89 bits per heavy atom. The van der Waals surface area contributed by atoms with Crippen LogP contribution in [-0.4, -0.2) is 24.7 Å². The molecule has 1 aromatic carbocycles. The lowest BCUT2D eigenvalue weighted by atomic mass is 10.0. The number of rotatable bonds is 2. The molecule has 3 N–H and O–H groups in total. The summed E-state index contributed by atoms with van der Waals surface area (Å²) in [7, 11) is 0. The Bertz CT molecular complexity index is 495. The number of nitrogens with one attached hydrogen (secondary N) is 1. The number of halogens is 2. The van der Waals surface area contributed by atoms with Crippen molar-refractivity contribution in [3.63, 3.8) is 0 Å².